The summed E-state index contributed by atoms with van der Waals surface area (Å²) in [5.74, 6) is 0. The number of nitrogens with one attached hydrogen (secondary N) is 1. The zero-order chi connectivity index (χ0) is 14.1. The van der Waals surface area contributed by atoms with Crippen molar-refractivity contribution in [2.24, 2.45) is 0 Å². The van der Waals surface area contributed by atoms with Gasteiger partial charge in [-0.15, -0.1) is 0 Å². The summed E-state index contributed by atoms with van der Waals surface area (Å²) in [7, 11) is 0. The normalized spacial score (nSPS) is 14.3. The van der Waals surface area contributed by atoms with Crippen LogP contribution in [0.5, 0.6) is 0 Å². The lowest BCUT2D eigenvalue weighted by molar-refractivity contribution is 0.110. The lowest BCUT2D eigenvalue weighted by atomic mass is 10.0. The van der Waals surface area contributed by atoms with Gasteiger partial charge in [-0.05, 0) is 18.6 Å². The summed E-state index contributed by atoms with van der Waals surface area (Å²) in [6.45, 7) is 4.43. The Bertz CT molecular complexity index is 660. The Hall–Kier alpha value is -0.840. The number of anilines is 1. The second kappa shape index (κ2) is 5.88. The summed E-state index contributed by atoms with van der Waals surface area (Å²) in [4.78, 5) is 4.75. The number of halogens is 2. The van der Waals surface area contributed by atoms with Crippen molar-refractivity contribution in [2.75, 3.05) is 18.5 Å². The van der Waals surface area contributed by atoms with E-state index < -0.39 is 0 Å². The van der Waals surface area contributed by atoms with Gasteiger partial charge in [0.15, 0.2) is 0 Å². The minimum absolute atomic E-state index is 0.619. The summed E-state index contributed by atoms with van der Waals surface area (Å²) in [5.41, 5.74) is 4.27. The molecule has 3 nitrogen and oxygen atoms in total. The number of hydrogen-bond acceptors (Lipinski definition) is 3. The SMILES string of the molecule is CCCNc1c2c(nc3c(Cl)cc(Br)cc13)CCOC2. The molecular formula is C15H16BrClN2O. The van der Waals surface area contributed by atoms with Crippen LogP contribution in [0.4, 0.5) is 5.69 Å². The van der Waals surface area contributed by atoms with E-state index in [9.17, 15) is 0 Å². The third-order valence-corrected chi connectivity index (χ3v) is 4.22. The Morgan fingerprint density at radius 1 is 1.45 bits per heavy atom. The molecule has 0 radical (unpaired) electrons. The Morgan fingerprint density at radius 2 is 2.30 bits per heavy atom. The standard InChI is InChI=1S/C15H16BrClN2O/c1-2-4-18-14-10-6-9(16)7-12(17)15(10)19-13-3-5-20-8-11(13)14/h6-7H,2-5,8H2,1H3,(H,18,19). The summed E-state index contributed by atoms with van der Waals surface area (Å²) in [6.07, 6.45) is 1.92. The Morgan fingerprint density at radius 3 is 3.10 bits per heavy atom. The third kappa shape index (κ3) is 2.52. The number of ether oxygens (including phenoxy) is 1. The smallest absolute Gasteiger partial charge is 0.0913 e. The highest BCUT2D eigenvalue weighted by atomic mass is 79.9. The number of nitrogens with zero attached hydrogens (tertiary/aromatic N) is 1. The fourth-order valence-corrected chi connectivity index (χ4v) is 3.39. The maximum Gasteiger partial charge on any atom is 0.0913 e. The number of fused-ring (bicyclic) bond motifs is 2. The predicted octanol–water partition coefficient (Wildman–Crippen LogP) is 4.55. The molecule has 5 heteroatoms. The Balaban J connectivity index is 2.27. The van der Waals surface area contributed by atoms with Crippen LogP contribution in [0.25, 0.3) is 10.9 Å². The Kier molecular flexibility index (Phi) is 4.15. The molecule has 2 heterocycles. The molecule has 1 aromatic heterocycles. The van der Waals surface area contributed by atoms with Gasteiger partial charge < -0.3 is 10.1 Å². The van der Waals surface area contributed by atoms with Crippen LogP contribution in [0.2, 0.25) is 5.02 Å². The van der Waals surface area contributed by atoms with E-state index in [-0.39, 0.29) is 0 Å². The van der Waals surface area contributed by atoms with Crippen LogP contribution in [0.15, 0.2) is 16.6 Å². The lowest BCUT2D eigenvalue weighted by Crippen LogP contribution is -2.16. The van der Waals surface area contributed by atoms with Crippen molar-refractivity contribution in [1.82, 2.24) is 4.98 Å². The van der Waals surface area contributed by atoms with Crippen molar-refractivity contribution in [2.45, 2.75) is 26.4 Å². The molecule has 2 aromatic rings. The highest BCUT2D eigenvalue weighted by Gasteiger charge is 2.19. The first-order valence-electron chi connectivity index (χ1n) is 6.82. The zero-order valence-corrected chi connectivity index (χ0v) is 13.6. The molecule has 1 aliphatic rings. The maximum absolute atomic E-state index is 6.36. The first-order chi connectivity index (χ1) is 9.70. The van der Waals surface area contributed by atoms with E-state index in [0.717, 1.165) is 52.8 Å². The molecule has 0 atom stereocenters. The van der Waals surface area contributed by atoms with Crippen LogP contribution in [0.1, 0.15) is 24.6 Å². The summed E-state index contributed by atoms with van der Waals surface area (Å²) in [6, 6.07) is 3.97. The van der Waals surface area contributed by atoms with E-state index in [2.05, 4.69) is 34.2 Å². The molecule has 106 valence electrons. The van der Waals surface area contributed by atoms with E-state index in [0.29, 0.717) is 11.6 Å². The minimum atomic E-state index is 0.619. The van der Waals surface area contributed by atoms with E-state index >= 15 is 0 Å². The van der Waals surface area contributed by atoms with Gasteiger partial charge >= 0.3 is 0 Å². The summed E-state index contributed by atoms with van der Waals surface area (Å²) < 4.78 is 6.57. The van der Waals surface area contributed by atoms with Crippen LogP contribution in [-0.2, 0) is 17.8 Å². The second-order valence-corrected chi connectivity index (χ2v) is 6.25. The molecule has 0 fully saturated rings. The van der Waals surface area contributed by atoms with Crippen molar-refractivity contribution in [3.8, 4) is 0 Å². The molecule has 0 unspecified atom stereocenters. The maximum atomic E-state index is 6.36. The second-order valence-electron chi connectivity index (χ2n) is 4.93. The van der Waals surface area contributed by atoms with Gasteiger partial charge in [0, 0.05) is 28.4 Å². The molecule has 0 spiro atoms. The van der Waals surface area contributed by atoms with E-state index in [1.165, 1.54) is 5.56 Å². The molecule has 1 N–H and O–H groups in total. The van der Waals surface area contributed by atoms with Gasteiger partial charge in [0.05, 0.1) is 35.1 Å². The molecule has 1 aliphatic heterocycles. The monoisotopic (exact) mass is 354 g/mol. The number of pyridine rings is 1. The number of hydrogen-bond donors (Lipinski definition) is 1. The first kappa shape index (κ1) is 14.1. The van der Waals surface area contributed by atoms with Crippen molar-refractivity contribution >= 4 is 44.1 Å². The van der Waals surface area contributed by atoms with Crippen molar-refractivity contribution in [3.05, 3.63) is 32.9 Å². The average Bonchev–Trinajstić information content (AvgIpc) is 2.44. The molecule has 3 rings (SSSR count). The highest BCUT2D eigenvalue weighted by molar-refractivity contribution is 9.10. The van der Waals surface area contributed by atoms with Gasteiger partial charge in [-0.2, -0.15) is 0 Å². The molecular weight excluding hydrogens is 340 g/mol. The fourth-order valence-electron chi connectivity index (χ4n) is 2.54. The van der Waals surface area contributed by atoms with Crippen LogP contribution in [0.3, 0.4) is 0 Å². The van der Waals surface area contributed by atoms with Crippen LogP contribution in [-0.4, -0.2) is 18.1 Å². The van der Waals surface area contributed by atoms with Gasteiger partial charge in [-0.3, -0.25) is 4.98 Å². The van der Waals surface area contributed by atoms with Crippen molar-refractivity contribution in [3.63, 3.8) is 0 Å². The quantitative estimate of drug-likeness (QED) is 0.877. The molecule has 1 aromatic carbocycles. The van der Waals surface area contributed by atoms with Crippen LogP contribution in [0, 0.1) is 0 Å². The third-order valence-electron chi connectivity index (χ3n) is 3.48. The minimum Gasteiger partial charge on any atom is -0.384 e. The van der Waals surface area contributed by atoms with Crippen LogP contribution >= 0.6 is 27.5 Å². The van der Waals surface area contributed by atoms with Gasteiger partial charge in [-0.1, -0.05) is 34.5 Å². The zero-order valence-electron chi connectivity index (χ0n) is 11.3. The number of rotatable bonds is 3. The Labute approximate surface area is 131 Å². The lowest BCUT2D eigenvalue weighted by Gasteiger charge is -2.22. The topological polar surface area (TPSA) is 34.2 Å². The molecule has 0 saturated heterocycles. The summed E-state index contributed by atoms with van der Waals surface area (Å²) in [5, 5.41) is 5.26. The van der Waals surface area contributed by atoms with Crippen molar-refractivity contribution in [1.29, 1.82) is 0 Å². The largest absolute Gasteiger partial charge is 0.384 e. The van der Waals surface area contributed by atoms with Gasteiger partial charge in [-0.25, -0.2) is 0 Å². The van der Waals surface area contributed by atoms with Gasteiger partial charge in [0.1, 0.15) is 0 Å². The van der Waals surface area contributed by atoms with E-state index in [4.69, 9.17) is 21.3 Å². The van der Waals surface area contributed by atoms with Gasteiger partial charge in [0.2, 0.25) is 0 Å². The number of benzene rings is 1. The van der Waals surface area contributed by atoms with Crippen LogP contribution < -0.4 is 5.32 Å². The van der Waals surface area contributed by atoms with Gasteiger partial charge in [0.25, 0.3) is 0 Å². The fraction of sp³-hybridized carbons (Fsp3) is 0.400. The first-order valence-corrected chi connectivity index (χ1v) is 8.00. The molecule has 0 aliphatic carbocycles. The molecule has 0 saturated carbocycles. The highest BCUT2D eigenvalue weighted by Crippen LogP contribution is 2.36. The summed E-state index contributed by atoms with van der Waals surface area (Å²) >= 11 is 9.87. The number of aromatic nitrogens is 1. The van der Waals surface area contributed by atoms with E-state index in [1.54, 1.807) is 0 Å². The predicted molar refractivity (Wildman–Crippen MR) is 86.6 cm³/mol. The molecule has 20 heavy (non-hydrogen) atoms. The molecule has 0 amide bonds. The van der Waals surface area contributed by atoms with Crippen molar-refractivity contribution < 1.29 is 4.74 Å². The molecule has 0 bridgehead atoms. The average molecular weight is 356 g/mol. The van der Waals surface area contributed by atoms with E-state index in [1.807, 2.05) is 6.07 Å².